The Kier molecular flexibility index (Phi) is 3.92. The van der Waals surface area contributed by atoms with Crippen LogP contribution in [0.4, 0.5) is 0 Å². The van der Waals surface area contributed by atoms with Crippen LogP contribution in [0, 0.1) is 12.8 Å². The molecule has 0 unspecified atom stereocenters. The second-order valence-corrected chi connectivity index (χ2v) is 5.89. The molecule has 0 saturated heterocycles. The van der Waals surface area contributed by atoms with Gasteiger partial charge in [0.2, 0.25) is 0 Å². The van der Waals surface area contributed by atoms with E-state index in [4.69, 9.17) is 4.42 Å². The molecule has 108 valence electrons. The Hall–Kier alpha value is -1.55. The summed E-state index contributed by atoms with van der Waals surface area (Å²) in [5, 5.41) is 10.8. The normalized spacial score (nSPS) is 17.7. The Morgan fingerprint density at radius 2 is 2.20 bits per heavy atom. The fourth-order valence-electron chi connectivity index (χ4n) is 3.12. The van der Waals surface area contributed by atoms with E-state index in [0.717, 1.165) is 29.7 Å². The average Bonchev–Trinajstić information content (AvgIpc) is 3.16. The minimum absolute atomic E-state index is 0.568. The molecule has 2 aromatic heterocycles. The summed E-state index contributed by atoms with van der Waals surface area (Å²) >= 11 is 0. The van der Waals surface area contributed by atoms with Crippen molar-refractivity contribution in [3.8, 4) is 11.5 Å². The monoisotopic (exact) mass is 273 g/mol. The topological polar surface area (TPSA) is 53.9 Å². The maximum Gasteiger partial charge on any atom is 0.152 e. The zero-order chi connectivity index (χ0) is 13.9. The van der Waals surface area contributed by atoms with E-state index < -0.39 is 0 Å². The van der Waals surface area contributed by atoms with Crippen molar-refractivity contribution in [2.75, 3.05) is 0 Å². The van der Waals surface area contributed by atoms with Crippen molar-refractivity contribution in [1.29, 1.82) is 0 Å². The second-order valence-electron chi connectivity index (χ2n) is 5.89. The molecule has 4 nitrogen and oxygen atoms in total. The van der Waals surface area contributed by atoms with Crippen LogP contribution in [0.15, 0.2) is 22.7 Å². The SMILES string of the molecule is Cc1ccc(-c2[nH]ncc2CN[C@@H](C)C2CCCC2)o1. The summed E-state index contributed by atoms with van der Waals surface area (Å²) in [4.78, 5) is 0. The van der Waals surface area contributed by atoms with E-state index in [1.807, 2.05) is 25.3 Å². The number of aryl methyl sites for hydroxylation is 1. The van der Waals surface area contributed by atoms with E-state index >= 15 is 0 Å². The summed E-state index contributed by atoms with van der Waals surface area (Å²) in [6.45, 7) is 5.09. The molecule has 1 aliphatic rings. The summed E-state index contributed by atoms with van der Waals surface area (Å²) in [5.74, 6) is 2.62. The lowest BCUT2D eigenvalue weighted by Crippen LogP contribution is -2.31. The lowest BCUT2D eigenvalue weighted by atomic mass is 9.99. The number of hydrogen-bond acceptors (Lipinski definition) is 3. The molecule has 3 rings (SSSR count). The number of aromatic amines is 1. The number of rotatable bonds is 5. The largest absolute Gasteiger partial charge is 0.460 e. The highest BCUT2D eigenvalue weighted by atomic mass is 16.3. The summed E-state index contributed by atoms with van der Waals surface area (Å²) in [6, 6.07) is 4.54. The van der Waals surface area contributed by atoms with Crippen molar-refractivity contribution < 1.29 is 4.42 Å². The first kappa shape index (κ1) is 13.4. The van der Waals surface area contributed by atoms with E-state index in [0.29, 0.717) is 6.04 Å². The zero-order valence-corrected chi connectivity index (χ0v) is 12.3. The Morgan fingerprint density at radius 1 is 1.40 bits per heavy atom. The van der Waals surface area contributed by atoms with Crippen LogP contribution in [0.3, 0.4) is 0 Å². The minimum atomic E-state index is 0.568. The second kappa shape index (κ2) is 5.83. The average molecular weight is 273 g/mol. The van der Waals surface area contributed by atoms with Gasteiger partial charge in [0.1, 0.15) is 11.5 Å². The van der Waals surface area contributed by atoms with E-state index in [2.05, 4.69) is 22.4 Å². The van der Waals surface area contributed by atoms with Crippen molar-refractivity contribution in [1.82, 2.24) is 15.5 Å². The van der Waals surface area contributed by atoms with Gasteiger partial charge in [0, 0.05) is 18.2 Å². The molecule has 1 fully saturated rings. The minimum Gasteiger partial charge on any atom is -0.460 e. The van der Waals surface area contributed by atoms with Crippen LogP contribution in [-0.2, 0) is 6.54 Å². The molecule has 0 amide bonds. The summed E-state index contributed by atoms with van der Waals surface area (Å²) < 4.78 is 5.68. The number of nitrogens with zero attached hydrogens (tertiary/aromatic N) is 1. The van der Waals surface area contributed by atoms with Crippen molar-refractivity contribution in [2.24, 2.45) is 5.92 Å². The number of aromatic nitrogens is 2. The van der Waals surface area contributed by atoms with Gasteiger partial charge in [0.05, 0.1) is 6.20 Å². The number of H-pyrrole nitrogens is 1. The van der Waals surface area contributed by atoms with Crippen molar-refractivity contribution in [3.05, 3.63) is 29.7 Å². The summed E-state index contributed by atoms with van der Waals surface area (Å²) in [7, 11) is 0. The van der Waals surface area contributed by atoms with Crippen molar-refractivity contribution in [2.45, 2.75) is 52.1 Å². The first-order valence-corrected chi connectivity index (χ1v) is 7.56. The molecule has 0 radical (unpaired) electrons. The highest BCUT2D eigenvalue weighted by molar-refractivity contribution is 5.56. The van der Waals surface area contributed by atoms with Crippen LogP contribution < -0.4 is 5.32 Å². The van der Waals surface area contributed by atoms with Gasteiger partial charge in [-0.3, -0.25) is 5.10 Å². The molecule has 1 aliphatic carbocycles. The van der Waals surface area contributed by atoms with Gasteiger partial charge in [-0.05, 0) is 44.7 Å². The lowest BCUT2D eigenvalue weighted by Gasteiger charge is -2.20. The van der Waals surface area contributed by atoms with Gasteiger partial charge in [0.25, 0.3) is 0 Å². The summed E-state index contributed by atoms with van der Waals surface area (Å²) in [5.41, 5.74) is 2.16. The van der Waals surface area contributed by atoms with Gasteiger partial charge in [-0.15, -0.1) is 0 Å². The maximum absolute atomic E-state index is 5.68. The molecule has 2 aromatic rings. The summed E-state index contributed by atoms with van der Waals surface area (Å²) in [6.07, 6.45) is 7.40. The third-order valence-corrected chi connectivity index (χ3v) is 4.43. The number of nitrogens with one attached hydrogen (secondary N) is 2. The molecular formula is C16H23N3O. The fraction of sp³-hybridized carbons (Fsp3) is 0.562. The van der Waals surface area contributed by atoms with Gasteiger partial charge in [-0.1, -0.05) is 12.8 Å². The van der Waals surface area contributed by atoms with Gasteiger partial charge in [-0.2, -0.15) is 5.10 Å². The molecular weight excluding hydrogens is 250 g/mol. The molecule has 0 aromatic carbocycles. The van der Waals surface area contributed by atoms with Crippen LogP contribution in [0.1, 0.15) is 43.9 Å². The Bertz CT molecular complexity index is 552. The van der Waals surface area contributed by atoms with E-state index in [9.17, 15) is 0 Å². The standard InChI is InChI=1S/C16H23N3O/c1-11-7-8-15(20-11)16-14(10-18-19-16)9-17-12(2)13-5-3-4-6-13/h7-8,10,12-13,17H,3-6,9H2,1-2H3,(H,18,19)/t12-/m0/s1. The highest BCUT2D eigenvalue weighted by Crippen LogP contribution is 2.28. The molecule has 0 bridgehead atoms. The zero-order valence-electron chi connectivity index (χ0n) is 12.3. The molecule has 0 spiro atoms. The van der Waals surface area contributed by atoms with Gasteiger partial charge in [-0.25, -0.2) is 0 Å². The van der Waals surface area contributed by atoms with E-state index in [1.165, 1.54) is 31.2 Å². The molecule has 20 heavy (non-hydrogen) atoms. The maximum atomic E-state index is 5.68. The smallest absolute Gasteiger partial charge is 0.152 e. The third-order valence-electron chi connectivity index (χ3n) is 4.43. The number of hydrogen-bond donors (Lipinski definition) is 2. The van der Waals surface area contributed by atoms with Gasteiger partial charge < -0.3 is 9.73 Å². The van der Waals surface area contributed by atoms with Gasteiger partial charge in [0.15, 0.2) is 5.76 Å². The predicted molar refractivity (Wildman–Crippen MR) is 79.3 cm³/mol. The van der Waals surface area contributed by atoms with Crippen LogP contribution in [0.5, 0.6) is 0 Å². The quantitative estimate of drug-likeness (QED) is 0.874. The van der Waals surface area contributed by atoms with Crippen LogP contribution in [0.25, 0.3) is 11.5 Å². The van der Waals surface area contributed by atoms with Crippen LogP contribution in [0.2, 0.25) is 0 Å². The first-order chi connectivity index (χ1) is 9.74. The molecule has 0 aliphatic heterocycles. The Labute approximate surface area is 120 Å². The third kappa shape index (κ3) is 2.80. The van der Waals surface area contributed by atoms with Crippen LogP contribution >= 0.6 is 0 Å². The van der Waals surface area contributed by atoms with E-state index in [1.54, 1.807) is 0 Å². The molecule has 1 atom stereocenters. The first-order valence-electron chi connectivity index (χ1n) is 7.56. The molecule has 4 heteroatoms. The Balaban J connectivity index is 1.65. The van der Waals surface area contributed by atoms with Crippen molar-refractivity contribution in [3.63, 3.8) is 0 Å². The Morgan fingerprint density at radius 3 is 2.90 bits per heavy atom. The van der Waals surface area contributed by atoms with Crippen LogP contribution in [-0.4, -0.2) is 16.2 Å². The van der Waals surface area contributed by atoms with E-state index in [-0.39, 0.29) is 0 Å². The lowest BCUT2D eigenvalue weighted by molar-refractivity contribution is 0.380. The van der Waals surface area contributed by atoms with Gasteiger partial charge >= 0.3 is 0 Å². The molecule has 1 saturated carbocycles. The number of furan rings is 1. The molecule has 2 heterocycles. The molecule has 2 N–H and O–H groups in total. The predicted octanol–water partition coefficient (Wildman–Crippen LogP) is 3.65. The fourth-order valence-corrected chi connectivity index (χ4v) is 3.12. The van der Waals surface area contributed by atoms with Crippen molar-refractivity contribution >= 4 is 0 Å². The highest BCUT2D eigenvalue weighted by Gasteiger charge is 2.21.